The molecule has 1 unspecified atom stereocenters. The van der Waals surface area contributed by atoms with E-state index in [4.69, 9.17) is 18.5 Å². The molecule has 0 heterocycles. The van der Waals surface area contributed by atoms with E-state index >= 15 is 0 Å². The maximum absolute atomic E-state index is 12.7. The van der Waals surface area contributed by atoms with Crippen LogP contribution in [0.25, 0.3) is 0 Å². The Morgan fingerprint density at radius 2 is 0.902 bits per heavy atom. The predicted octanol–water partition coefficient (Wildman–Crippen LogP) is 15.1. The largest absolute Gasteiger partial charge is 0.756 e. The maximum atomic E-state index is 12.7. The van der Waals surface area contributed by atoms with Crippen LogP contribution in [-0.4, -0.2) is 70.7 Å². The van der Waals surface area contributed by atoms with Crippen LogP contribution < -0.4 is 4.89 Å². The van der Waals surface area contributed by atoms with Gasteiger partial charge in [-0.05, 0) is 51.4 Å². The third-order valence-electron chi connectivity index (χ3n) is 11.2. The smallest absolute Gasteiger partial charge is 0.306 e. The fourth-order valence-corrected chi connectivity index (χ4v) is 7.93. The van der Waals surface area contributed by atoms with Gasteiger partial charge in [-0.15, -0.1) is 0 Å². The highest BCUT2D eigenvalue weighted by atomic mass is 31.2. The van der Waals surface area contributed by atoms with Gasteiger partial charge in [0.25, 0.3) is 7.82 Å². The summed E-state index contributed by atoms with van der Waals surface area (Å²) in [4.78, 5) is 25.2. The number of allylic oxidation sites excluding steroid dienone is 6. The Morgan fingerprint density at radius 3 is 1.38 bits per heavy atom. The molecule has 0 aliphatic carbocycles. The average molecular weight is 882 g/mol. The highest BCUT2D eigenvalue weighted by molar-refractivity contribution is 7.45. The Bertz CT molecular complexity index is 1070. The number of hydrogen-bond acceptors (Lipinski definition) is 7. The molecule has 0 aliphatic rings. The van der Waals surface area contributed by atoms with Gasteiger partial charge in [0.1, 0.15) is 19.3 Å². The number of unbranched alkanes of at least 4 members (excludes halogenated alkanes) is 28. The molecule has 8 nitrogen and oxygen atoms in total. The monoisotopic (exact) mass is 882 g/mol. The minimum absolute atomic E-state index is 0.0243. The molecule has 2 atom stereocenters. The lowest BCUT2D eigenvalue weighted by atomic mass is 10.0. The van der Waals surface area contributed by atoms with E-state index in [1.54, 1.807) is 0 Å². The maximum Gasteiger partial charge on any atom is 0.306 e. The molecule has 0 spiro atoms. The van der Waals surface area contributed by atoms with Crippen LogP contribution in [-0.2, 0) is 27.9 Å². The van der Waals surface area contributed by atoms with E-state index in [1.165, 1.54) is 154 Å². The molecule has 9 heteroatoms. The molecule has 0 rings (SSSR count). The highest BCUT2D eigenvalue weighted by Gasteiger charge is 2.20. The molecule has 0 fully saturated rings. The summed E-state index contributed by atoms with van der Waals surface area (Å²) >= 11 is 0. The lowest BCUT2D eigenvalue weighted by Gasteiger charge is -2.28. The van der Waals surface area contributed by atoms with Gasteiger partial charge in [-0.1, -0.05) is 211 Å². The van der Waals surface area contributed by atoms with Gasteiger partial charge in [0.05, 0.1) is 34.4 Å². The van der Waals surface area contributed by atoms with Crippen molar-refractivity contribution in [2.75, 3.05) is 54.1 Å². The number of likely N-dealkylation sites (N-methyl/N-ethyl adjacent to an activating group) is 1. The summed E-state index contributed by atoms with van der Waals surface area (Å²) in [6.45, 7) is 5.41. The number of rotatable bonds is 48. The second kappa shape index (κ2) is 45.3. The molecule has 0 saturated heterocycles. The van der Waals surface area contributed by atoms with Crippen molar-refractivity contribution in [3.63, 3.8) is 0 Å². The van der Waals surface area contributed by atoms with Crippen LogP contribution >= 0.6 is 7.82 Å². The number of carbonyl (C=O) groups excluding carboxylic acids is 1. The van der Waals surface area contributed by atoms with E-state index in [0.29, 0.717) is 24.1 Å². The summed E-state index contributed by atoms with van der Waals surface area (Å²) in [7, 11) is 1.35. The van der Waals surface area contributed by atoms with E-state index in [-0.39, 0.29) is 25.8 Å². The van der Waals surface area contributed by atoms with Gasteiger partial charge < -0.3 is 27.9 Å². The Labute approximate surface area is 378 Å². The van der Waals surface area contributed by atoms with E-state index in [1.807, 2.05) is 21.1 Å². The highest BCUT2D eigenvalue weighted by Crippen LogP contribution is 2.38. The number of nitrogens with zero attached hydrogens (tertiary/aromatic N) is 1. The molecule has 0 aromatic rings. The van der Waals surface area contributed by atoms with E-state index in [0.717, 1.165) is 57.8 Å². The average Bonchev–Trinajstić information content (AvgIpc) is 3.22. The number of phosphoric acid groups is 1. The molecular formula is C52H100NO7P. The zero-order valence-electron chi connectivity index (χ0n) is 40.9. The lowest BCUT2D eigenvalue weighted by molar-refractivity contribution is -0.870. The van der Waals surface area contributed by atoms with Gasteiger partial charge in [0, 0.05) is 13.0 Å². The summed E-state index contributed by atoms with van der Waals surface area (Å²) < 4.78 is 34.7. The van der Waals surface area contributed by atoms with Crippen molar-refractivity contribution in [3.05, 3.63) is 36.5 Å². The Kier molecular flexibility index (Phi) is 44.3. The van der Waals surface area contributed by atoms with Gasteiger partial charge in [-0.3, -0.25) is 9.36 Å². The van der Waals surface area contributed by atoms with Gasteiger partial charge in [0.2, 0.25) is 0 Å². The first-order chi connectivity index (χ1) is 29.6. The molecular weight excluding hydrogens is 782 g/mol. The first-order valence-electron chi connectivity index (χ1n) is 25.7. The van der Waals surface area contributed by atoms with Gasteiger partial charge in [0.15, 0.2) is 0 Å². The summed E-state index contributed by atoms with van der Waals surface area (Å²) in [6, 6.07) is 0. The van der Waals surface area contributed by atoms with Crippen LogP contribution in [0.4, 0.5) is 0 Å². The van der Waals surface area contributed by atoms with Crippen molar-refractivity contribution in [3.8, 4) is 0 Å². The SMILES string of the molecule is CCCCC/C=C\C/C=C\C/C=C\CCCCCCCCC(=O)O[C@H](COCCCCCCCCCCCCCCCCCCCCCC)COP(=O)([O-])OCC[N+](C)(C)C. The second-order valence-electron chi connectivity index (χ2n) is 18.5. The Hall–Kier alpha value is -1.28. The summed E-state index contributed by atoms with van der Waals surface area (Å²) in [5, 5.41) is 0. The second-order valence-corrected chi connectivity index (χ2v) is 19.9. The third kappa shape index (κ3) is 49.6. The molecule has 0 N–H and O–H groups in total. The Morgan fingerprint density at radius 1 is 0.508 bits per heavy atom. The first kappa shape index (κ1) is 59.7. The quantitative estimate of drug-likeness (QED) is 0.0197. The predicted molar refractivity (Wildman–Crippen MR) is 259 cm³/mol. The van der Waals surface area contributed by atoms with Crippen molar-refractivity contribution >= 4 is 13.8 Å². The van der Waals surface area contributed by atoms with Crippen molar-refractivity contribution in [2.24, 2.45) is 0 Å². The molecule has 0 amide bonds. The van der Waals surface area contributed by atoms with Crippen molar-refractivity contribution in [1.82, 2.24) is 0 Å². The van der Waals surface area contributed by atoms with Crippen LogP contribution in [0, 0.1) is 0 Å². The first-order valence-corrected chi connectivity index (χ1v) is 27.2. The normalized spacial score (nSPS) is 13.9. The van der Waals surface area contributed by atoms with Crippen LogP contribution in [0.1, 0.15) is 232 Å². The number of phosphoric ester groups is 1. The van der Waals surface area contributed by atoms with Crippen molar-refractivity contribution in [1.29, 1.82) is 0 Å². The van der Waals surface area contributed by atoms with Gasteiger partial charge in [-0.25, -0.2) is 0 Å². The summed E-state index contributed by atoms with van der Waals surface area (Å²) in [6.07, 6.45) is 54.5. The Balaban J connectivity index is 4.15. The van der Waals surface area contributed by atoms with Crippen molar-refractivity contribution < 1.29 is 37.3 Å². The van der Waals surface area contributed by atoms with Crippen LogP contribution in [0.3, 0.4) is 0 Å². The standard InChI is InChI=1S/C52H100NO7P/c1-6-8-10-12-14-16-18-20-22-24-26-28-30-32-34-36-38-40-42-44-47-57-49-51(50-59-61(55,56)58-48-46-53(3,4)5)60-52(54)45-43-41-39-37-35-33-31-29-27-25-23-21-19-17-15-13-11-9-7-2/h15,17,21,23,27,29,51H,6-14,16,18-20,22,24-26,28,30-50H2,1-5H3/b17-15-,23-21-,29-27-/t51-/m1/s1. The number of esters is 1. The van der Waals surface area contributed by atoms with E-state index < -0.39 is 13.9 Å². The molecule has 0 aromatic carbocycles. The molecule has 0 radical (unpaired) electrons. The van der Waals surface area contributed by atoms with Gasteiger partial charge >= 0.3 is 5.97 Å². The summed E-state index contributed by atoms with van der Waals surface area (Å²) in [5.74, 6) is -0.343. The fraction of sp³-hybridized carbons (Fsp3) is 0.865. The third-order valence-corrected chi connectivity index (χ3v) is 12.2. The topological polar surface area (TPSA) is 94.1 Å². The zero-order chi connectivity index (χ0) is 44.8. The molecule has 0 aromatic heterocycles. The number of hydrogen-bond donors (Lipinski definition) is 0. The summed E-state index contributed by atoms with van der Waals surface area (Å²) in [5.41, 5.74) is 0. The molecule has 0 bridgehead atoms. The number of quaternary nitrogens is 1. The fourth-order valence-electron chi connectivity index (χ4n) is 7.20. The van der Waals surface area contributed by atoms with E-state index in [9.17, 15) is 14.3 Å². The van der Waals surface area contributed by atoms with Gasteiger partial charge in [-0.2, -0.15) is 0 Å². The van der Waals surface area contributed by atoms with E-state index in [2.05, 4.69) is 50.3 Å². The molecule has 360 valence electrons. The van der Waals surface area contributed by atoms with Crippen LogP contribution in [0.2, 0.25) is 0 Å². The molecule has 0 aliphatic heterocycles. The van der Waals surface area contributed by atoms with Crippen LogP contribution in [0.5, 0.6) is 0 Å². The zero-order valence-corrected chi connectivity index (χ0v) is 41.8. The molecule has 0 saturated carbocycles. The van der Waals surface area contributed by atoms with Crippen molar-refractivity contribution in [2.45, 2.75) is 238 Å². The minimum atomic E-state index is -4.53. The molecule has 61 heavy (non-hydrogen) atoms. The number of ether oxygens (including phenoxy) is 2. The minimum Gasteiger partial charge on any atom is -0.756 e. The van der Waals surface area contributed by atoms with Crippen LogP contribution in [0.15, 0.2) is 36.5 Å². The lowest BCUT2D eigenvalue weighted by Crippen LogP contribution is -2.37. The number of carbonyl (C=O) groups is 1.